The third kappa shape index (κ3) is 3.04. The van der Waals surface area contributed by atoms with E-state index in [1.165, 1.54) is 0 Å². The molecule has 23 heavy (non-hydrogen) atoms. The van der Waals surface area contributed by atoms with Crippen LogP contribution < -0.4 is 5.32 Å². The van der Waals surface area contributed by atoms with Gasteiger partial charge in [0.05, 0.1) is 18.1 Å². The molecule has 4 unspecified atom stereocenters. The van der Waals surface area contributed by atoms with E-state index in [0.29, 0.717) is 26.2 Å². The molecule has 7 nitrogen and oxygen atoms in total. The molecule has 1 saturated carbocycles. The van der Waals surface area contributed by atoms with Crippen molar-refractivity contribution in [3.8, 4) is 0 Å². The maximum absolute atomic E-state index is 12.5. The average Bonchev–Trinajstić information content (AvgIpc) is 3.06. The molecule has 2 N–H and O–H groups in total. The highest BCUT2D eigenvalue weighted by molar-refractivity contribution is 5.77. The summed E-state index contributed by atoms with van der Waals surface area (Å²) in [6.45, 7) is 4.22. The SMILES string of the molecule is CCOC1CC(NC(=O)N2CCCC(C(=O)O)C2)C12CCCO2. The molecule has 1 aliphatic carbocycles. The van der Waals surface area contributed by atoms with E-state index in [4.69, 9.17) is 14.6 Å². The molecule has 130 valence electrons. The first-order valence-corrected chi connectivity index (χ1v) is 8.60. The Morgan fingerprint density at radius 2 is 2.26 bits per heavy atom. The number of aliphatic carboxylic acids is 1. The summed E-state index contributed by atoms with van der Waals surface area (Å²) in [4.78, 5) is 25.3. The Morgan fingerprint density at radius 3 is 2.91 bits per heavy atom. The van der Waals surface area contributed by atoms with E-state index in [-0.39, 0.29) is 30.3 Å². The lowest BCUT2D eigenvalue weighted by Crippen LogP contribution is -2.70. The number of nitrogens with zero attached hydrogens (tertiary/aromatic N) is 1. The van der Waals surface area contributed by atoms with Crippen LogP contribution in [0.3, 0.4) is 0 Å². The van der Waals surface area contributed by atoms with Gasteiger partial charge < -0.3 is 24.8 Å². The summed E-state index contributed by atoms with van der Waals surface area (Å²) in [7, 11) is 0. The summed E-state index contributed by atoms with van der Waals surface area (Å²) in [6, 6.07) is -0.218. The molecule has 2 amide bonds. The number of likely N-dealkylation sites (tertiary alicyclic amines) is 1. The second-order valence-corrected chi connectivity index (χ2v) is 6.71. The predicted octanol–water partition coefficient (Wildman–Crippen LogP) is 1.22. The number of amides is 2. The van der Waals surface area contributed by atoms with E-state index >= 15 is 0 Å². The van der Waals surface area contributed by atoms with Gasteiger partial charge >= 0.3 is 12.0 Å². The minimum atomic E-state index is -0.821. The highest BCUT2D eigenvalue weighted by atomic mass is 16.6. The van der Waals surface area contributed by atoms with Crippen molar-refractivity contribution in [2.45, 2.75) is 56.8 Å². The van der Waals surface area contributed by atoms with Crippen LogP contribution >= 0.6 is 0 Å². The van der Waals surface area contributed by atoms with Crippen molar-refractivity contribution in [2.75, 3.05) is 26.3 Å². The summed E-state index contributed by atoms with van der Waals surface area (Å²) in [5.74, 6) is -1.28. The second-order valence-electron chi connectivity index (χ2n) is 6.71. The topological polar surface area (TPSA) is 88.1 Å². The molecule has 2 aliphatic heterocycles. The molecular formula is C16H26N2O5. The number of nitrogens with one attached hydrogen (secondary N) is 1. The van der Waals surface area contributed by atoms with Crippen LogP contribution in [0.1, 0.15) is 39.0 Å². The van der Waals surface area contributed by atoms with Crippen LogP contribution in [0.15, 0.2) is 0 Å². The van der Waals surface area contributed by atoms with E-state index in [1.54, 1.807) is 4.90 Å². The van der Waals surface area contributed by atoms with Gasteiger partial charge in [-0.15, -0.1) is 0 Å². The van der Waals surface area contributed by atoms with Crippen molar-refractivity contribution in [1.82, 2.24) is 10.2 Å². The highest BCUT2D eigenvalue weighted by Gasteiger charge is 2.59. The third-order valence-corrected chi connectivity index (χ3v) is 5.39. The molecule has 4 atom stereocenters. The second kappa shape index (κ2) is 6.65. The number of carbonyl (C=O) groups is 2. The van der Waals surface area contributed by atoms with Gasteiger partial charge in [0.15, 0.2) is 0 Å². The van der Waals surface area contributed by atoms with Crippen molar-refractivity contribution in [3.63, 3.8) is 0 Å². The van der Waals surface area contributed by atoms with Gasteiger partial charge in [-0.25, -0.2) is 4.79 Å². The minimum absolute atomic E-state index is 0.0424. The van der Waals surface area contributed by atoms with Crippen molar-refractivity contribution in [3.05, 3.63) is 0 Å². The fourth-order valence-electron chi connectivity index (χ4n) is 4.08. The Hall–Kier alpha value is -1.34. The third-order valence-electron chi connectivity index (χ3n) is 5.39. The van der Waals surface area contributed by atoms with E-state index in [2.05, 4.69) is 5.32 Å². The van der Waals surface area contributed by atoms with Crippen LogP contribution in [-0.4, -0.2) is 66.1 Å². The summed E-state index contributed by atoms with van der Waals surface area (Å²) in [6.07, 6.45) is 4.07. The average molecular weight is 326 g/mol. The van der Waals surface area contributed by atoms with Gasteiger partial charge in [0.25, 0.3) is 0 Å². The first kappa shape index (κ1) is 16.5. The van der Waals surface area contributed by atoms with Crippen molar-refractivity contribution < 1.29 is 24.2 Å². The number of carbonyl (C=O) groups excluding carboxylic acids is 1. The van der Waals surface area contributed by atoms with Gasteiger partial charge in [0, 0.05) is 26.3 Å². The zero-order valence-electron chi connectivity index (χ0n) is 13.6. The quantitative estimate of drug-likeness (QED) is 0.811. The molecule has 3 fully saturated rings. The van der Waals surface area contributed by atoms with Crippen molar-refractivity contribution in [1.29, 1.82) is 0 Å². The monoisotopic (exact) mass is 326 g/mol. The molecule has 2 saturated heterocycles. The number of rotatable bonds is 4. The van der Waals surface area contributed by atoms with Gasteiger partial charge in [-0.2, -0.15) is 0 Å². The molecule has 0 aromatic carbocycles. The smallest absolute Gasteiger partial charge is 0.317 e. The normalized spacial score (nSPS) is 36.7. The Balaban J connectivity index is 1.58. The lowest BCUT2D eigenvalue weighted by atomic mass is 9.70. The van der Waals surface area contributed by atoms with E-state index < -0.39 is 11.9 Å². The Kier molecular flexibility index (Phi) is 4.77. The molecule has 3 aliphatic rings. The van der Waals surface area contributed by atoms with Gasteiger partial charge in [0.1, 0.15) is 5.60 Å². The van der Waals surface area contributed by atoms with Gasteiger partial charge in [-0.3, -0.25) is 4.79 Å². The van der Waals surface area contributed by atoms with E-state index in [9.17, 15) is 9.59 Å². The van der Waals surface area contributed by atoms with Gasteiger partial charge in [-0.1, -0.05) is 0 Å². The lowest BCUT2D eigenvalue weighted by Gasteiger charge is -2.52. The zero-order chi connectivity index (χ0) is 16.4. The molecule has 1 spiro atoms. The Bertz CT molecular complexity index is 463. The summed E-state index contributed by atoms with van der Waals surface area (Å²) >= 11 is 0. The van der Waals surface area contributed by atoms with Crippen LogP contribution in [0.2, 0.25) is 0 Å². The number of carboxylic acids is 1. The number of carboxylic acid groups (broad SMARTS) is 1. The summed E-state index contributed by atoms with van der Waals surface area (Å²) < 4.78 is 11.7. The molecule has 0 bridgehead atoms. The first-order chi connectivity index (χ1) is 11.1. The van der Waals surface area contributed by atoms with E-state index in [0.717, 1.165) is 25.7 Å². The van der Waals surface area contributed by atoms with Gasteiger partial charge in [-0.05, 0) is 39.0 Å². The summed E-state index contributed by atoms with van der Waals surface area (Å²) in [5, 5.41) is 12.2. The van der Waals surface area contributed by atoms with Crippen LogP contribution in [-0.2, 0) is 14.3 Å². The number of piperidine rings is 1. The minimum Gasteiger partial charge on any atom is -0.481 e. The standard InChI is InChI=1S/C16H26N2O5/c1-2-22-13-9-12(16(13)6-4-8-23-16)17-15(21)18-7-3-5-11(10-18)14(19)20/h11-13H,2-10H2,1H3,(H,17,21)(H,19,20). The Morgan fingerprint density at radius 1 is 1.43 bits per heavy atom. The van der Waals surface area contributed by atoms with Crippen molar-refractivity contribution >= 4 is 12.0 Å². The number of ether oxygens (including phenoxy) is 2. The molecular weight excluding hydrogens is 300 g/mol. The van der Waals surface area contributed by atoms with E-state index in [1.807, 2.05) is 6.92 Å². The number of urea groups is 1. The fourth-order valence-corrected chi connectivity index (χ4v) is 4.08. The van der Waals surface area contributed by atoms with Crippen LogP contribution in [0.25, 0.3) is 0 Å². The first-order valence-electron chi connectivity index (χ1n) is 8.60. The zero-order valence-corrected chi connectivity index (χ0v) is 13.6. The van der Waals surface area contributed by atoms with Crippen molar-refractivity contribution in [2.24, 2.45) is 5.92 Å². The van der Waals surface area contributed by atoms with Gasteiger partial charge in [0.2, 0.25) is 0 Å². The number of hydrogen-bond donors (Lipinski definition) is 2. The van der Waals surface area contributed by atoms with Crippen LogP contribution in [0.4, 0.5) is 4.79 Å². The molecule has 7 heteroatoms. The highest BCUT2D eigenvalue weighted by Crippen LogP contribution is 2.45. The molecule has 0 aromatic rings. The maximum atomic E-state index is 12.5. The van der Waals surface area contributed by atoms with Crippen LogP contribution in [0.5, 0.6) is 0 Å². The maximum Gasteiger partial charge on any atom is 0.317 e. The molecule has 0 aromatic heterocycles. The Labute approximate surface area is 136 Å². The molecule has 3 rings (SSSR count). The fraction of sp³-hybridized carbons (Fsp3) is 0.875. The number of hydrogen-bond acceptors (Lipinski definition) is 4. The summed E-state index contributed by atoms with van der Waals surface area (Å²) in [5.41, 5.74) is -0.381. The van der Waals surface area contributed by atoms with Crippen LogP contribution in [0, 0.1) is 5.92 Å². The molecule has 0 radical (unpaired) electrons. The lowest BCUT2D eigenvalue weighted by molar-refractivity contribution is -0.195. The predicted molar refractivity (Wildman–Crippen MR) is 82.2 cm³/mol. The molecule has 2 heterocycles. The largest absolute Gasteiger partial charge is 0.481 e.